The standard InChI is InChI=1S/C12H10BrN3O3/c1-2-9-10(13)12(17)15-11(14-9)7-4-3-5-8(6-7)16(18)19/h3-6H,2H2,1H3,(H,14,15,17). The number of hydrogen-bond acceptors (Lipinski definition) is 4. The van der Waals surface area contributed by atoms with Crippen molar-refractivity contribution in [2.45, 2.75) is 13.3 Å². The molecule has 0 fully saturated rings. The van der Waals surface area contributed by atoms with E-state index in [1.54, 1.807) is 12.1 Å². The number of hydrogen-bond donors (Lipinski definition) is 1. The molecule has 1 aromatic heterocycles. The van der Waals surface area contributed by atoms with Crippen LogP contribution in [0.1, 0.15) is 12.6 Å². The van der Waals surface area contributed by atoms with Crippen LogP contribution in [0.25, 0.3) is 11.4 Å². The minimum absolute atomic E-state index is 0.0406. The monoisotopic (exact) mass is 323 g/mol. The van der Waals surface area contributed by atoms with Crippen molar-refractivity contribution in [1.29, 1.82) is 0 Å². The molecule has 0 saturated heterocycles. The summed E-state index contributed by atoms with van der Waals surface area (Å²) in [4.78, 5) is 28.9. The fourth-order valence-electron chi connectivity index (χ4n) is 1.64. The van der Waals surface area contributed by atoms with Crippen LogP contribution in [0.2, 0.25) is 0 Å². The summed E-state index contributed by atoms with van der Waals surface area (Å²) in [6.45, 7) is 1.88. The van der Waals surface area contributed by atoms with Crippen LogP contribution in [0.3, 0.4) is 0 Å². The first kappa shape index (κ1) is 13.4. The average molecular weight is 324 g/mol. The molecule has 98 valence electrons. The predicted molar refractivity (Wildman–Crippen MR) is 74.0 cm³/mol. The second-order valence-electron chi connectivity index (χ2n) is 3.84. The fourth-order valence-corrected chi connectivity index (χ4v) is 2.11. The minimum Gasteiger partial charge on any atom is -0.306 e. The molecule has 6 nitrogen and oxygen atoms in total. The lowest BCUT2D eigenvalue weighted by Gasteiger charge is -2.05. The molecule has 19 heavy (non-hydrogen) atoms. The Hall–Kier alpha value is -2.02. The van der Waals surface area contributed by atoms with E-state index in [1.807, 2.05) is 6.92 Å². The van der Waals surface area contributed by atoms with E-state index in [4.69, 9.17) is 0 Å². The second-order valence-corrected chi connectivity index (χ2v) is 4.63. The van der Waals surface area contributed by atoms with Gasteiger partial charge in [0.25, 0.3) is 11.2 Å². The van der Waals surface area contributed by atoms with Gasteiger partial charge in [-0.1, -0.05) is 19.1 Å². The number of nitro benzene ring substituents is 1. The third kappa shape index (κ3) is 2.70. The number of nitrogens with zero attached hydrogens (tertiary/aromatic N) is 2. The molecular formula is C12H10BrN3O3. The molecule has 1 N–H and O–H groups in total. The number of rotatable bonds is 3. The van der Waals surface area contributed by atoms with Crippen molar-refractivity contribution in [3.8, 4) is 11.4 Å². The lowest BCUT2D eigenvalue weighted by atomic mass is 10.2. The van der Waals surface area contributed by atoms with Gasteiger partial charge < -0.3 is 4.98 Å². The Morgan fingerprint density at radius 1 is 1.47 bits per heavy atom. The van der Waals surface area contributed by atoms with E-state index in [1.165, 1.54) is 12.1 Å². The van der Waals surface area contributed by atoms with Crippen molar-refractivity contribution < 1.29 is 4.92 Å². The number of aromatic nitrogens is 2. The Balaban J connectivity index is 2.59. The van der Waals surface area contributed by atoms with Crippen LogP contribution in [0.4, 0.5) is 5.69 Å². The number of nitrogens with one attached hydrogen (secondary N) is 1. The van der Waals surface area contributed by atoms with E-state index in [0.717, 1.165) is 0 Å². The van der Waals surface area contributed by atoms with Gasteiger partial charge >= 0.3 is 0 Å². The van der Waals surface area contributed by atoms with Gasteiger partial charge in [-0.25, -0.2) is 4.98 Å². The van der Waals surface area contributed by atoms with Gasteiger partial charge in [-0.05, 0) is 22.4 Å². The topological polar surface area (TPSA) is 88.9 Å². The Labute approximate surface area is 116 Å². The van der Waals surface area contributed by atoms with Gasteiger partial charge in [0.2, 0.25) is 0 Å². The Morgan fingerprint density at radius 3 is 2.84 bits per heavy atom. The number of H-pyrrole nitrogens is 1. The number of aryl methyl sites for hydroxylation is 1. The van der Waals surface area contributed by atoms with Crippen LogP contribution >= 0.6 is 15.9 Å². The number of benzene rings is 1. The highest BCUT2D eigenvalue weighted by molar-refractivity contribution is 9.10. The molecule has 0 atom stereocenters. The van der Waals surface area contributed by atoms with E-state index < -0.39 is 4.92 Å². The molecule has 0 spiro atoms. The van der Waals surface area contributed by atoms with Gasteiger partial charge in [0, 0.05) is 17.7 Å². The average Bonchev–Trinajstić information content (AvgIpc) is 2.41. The highest BCUT2D eigenvalue weighted by atomic mass is 79.9. The van der Waals surface area contributed by atoms with E-state index in [-0.39, 0.29) is 11.2 Å². The van der Waals surface area contributed by atoms with Crippen molar-refractivity contribution in [1.82, 2.24) is 9.97 Å². The van der Waals surface area contributed by atoms with Gasteiger partial charge in [-0.3, -0.25) is 14.9 Å². The Kier molecular flexibility index (Phi) is 3.75. The number of non-ortho nitro benzene ring substituents is 1. The maximum absolute atomic E-state index is 11.7. The van der Waals surface area contributed by atoms with Crippen molar-refractivity contribution in [3.63, 3.8) is 0 Å². The van der Waals surface area contributed by atoms with Crippen LogP contribution in [0, 0.1) is 10.1 Å². The molecule has 0 bridgehead atoms. The molecule has 0 amide bonds. The van der Waals surface area contributed by atoms with Gasteiger partial charge in [-0.15, -0.1) is 0 Å². The molecule has 1 heterocycles. The number of nitro groups is 1. The molecule has 0 unspecified atom stereocenters. The summed E-state index contributed by atoms with van der Waals surface area (Å²) >= 11 is 3.17. The molecule has 1 aromatic carbocycles. The lowest BCUT2D eigenvalue weighted by molar-refractivity contribution is -0.384. The molecule has 0 radical (unpaired) electrons. The molecule has 0 saturated carbocycles. The molecule has 2 aromatic rings. The normalized spacial score (nSPS) is 10.4. The van der Waals surface area contributed by atoms with Crippen molar-refractivity contribution in [3.05, 3.63) is 54.9 Å². The Bertz CT molecular complexity index is 697. The predicted octanol–water partition coefficient (Wildman–Crippen LogP) is 2.67. The van der Waals surface area contributed by atoms with Gasteiger partial charge in [-0.2, -0.15) is 0 Å². The van der Waals surface area contributed by atoms with Crippen molar-refractivity contribution >= 4 is 21.6 Å². The van der Waals surface area contributed by atoms with E-state index in [2.05, 4.69) is 25.9 Å². The number of aromatic amines is 1. The van der Waals surface area contributed by atoms with Crippen LogP contribution < -0.4 is 5.56 Å². The first-order valence-electron chi connectivity index (χ1n) is 5.56. The number of halogens is 1. The molecule has 0 aliphatic carbocycles. The van der Waals surface area contributed by atoms with Gasteiger partial charge in [0.05, 0.1) is 10.6 Å². The Morgan fingerprint density at radius 2 is 2.21 bits per heavy atom. The highest BCUT2D eigenvalue weighted by Gasteiger charge is 2.12. The molecule has 7 heteroatoms. The first-order chi connectivity index (χ1) is 9.02. The van der Waals surface area contributed by atoms with Crippen LogP contribution in [-0.2, 0) is 6.42 Å². The summed E-state index contributed by atoms with van der Waals surface area (Å²) in [5.74, 6) is 0.328. The third-order valence-electron chi connectivity index (χ3n) is 2.60. The summed E-state index contributed by atoms with van der Waals surface area (Å²) in [5, 5.41) is 10.7. The van der Waals surface area contributed by atoms with Gasteiger partial charge in [0.15, 0.2) is 0 Å². The summed E-state index contributed by atoms with van der Waals surface area (Å²) in [6, 6.07) is 5.99. The summed E-state index contributed by atoms with van der Waals surface area (Å²) < 4.78 is 0.393. The largest absolute Gasteiger partial charge is 0.306 e. The van der Waals surface area contributed by atoms with Crippen LogP contribution in [0.15, 0.2) is 33.5 Å². The smallest absolute Gasteiger partial charge is 0.270 e. The zero-order chi connectivity index (χ0) is 14.0. The zero-order valence-corrected chi connectivity index (χ0v) is 11.6. The fraction of sp³-hybridized carbons (Fsp3) is 0.167. The first-order valence-corrected chi connectivity index (χ1v) is 6.35. The quantitative estimate of drug-likeness (QED) is 0.694. The van der Waals surface area contributed by atoms with E-state index in [0.29, 0.717) is 28.0 Å². The van der Waals surface area contributed by atoms with E-state index >= 15 is 0 Å². The van der Waals surface area contributed by atoms with Crippen molar-refractivity contribution in [2.75, 3.05) is 0 Å². The molecule has 2 rings (SSSR count). The highest BCUT2D eigenvalue weighted by Crippen LogP contribution is 2.21. The maximum Gasteiger partial charge on any atom is 0.270 e. The minimum atomic E-state index is -0.485. The summed E-state index contributed by atoms with van der Waals surface area (Å²) in [5.41, 5.74) is 0.785. The summed E-state index contributed by atoms with van der Waals surface area (Å²) in [6.07, 6.45) is 0.590. The maximum atomic E-state index is 11.7. The van der Waals surface area contributed by atoms with Crippen LogP contribution in [0.5, 0.6) is 0 Å². The zero-order valence-electron chi connectivity index (χ0n) is 10.0. The van der Waals surface area contributed by atoms with E-state index in [9.17, 15) is 14.9 Å². The second kappa shape index (κ2) is 5.31. The third-order valence-corrected chi connectivity index (χ3v) is 3.41. The SMILES string of the molecule is CCc1nc(-c2cccc([N+](=O)[O-])c2)[nH]c(=O)c1Br. The van der Waals surface area contributed by atoms with Crippen molar-refractivity contribution in [2.24, 2.45) is 0 Å². The van der Waals surface area contributed by atoms with Crippen LogP contribution in [-0.4, -0.2) is 14.9 Å². The molecular weight excluding hydrogens is 314 g/mol. The molecule has 0 aliphatic heterocycles. The molecule has 0 aliphatic rings. The van der Waals surface area contributed by atoms with Gasteiger partial charge in [0.1, 0.15) is 10.3 Å². The summed E-state index contributed by atoms with van der Waals surface area (Å²) in [7, 11) is 0. The lowest BCUT2D eigenvalue weighted by Crippen LogP contribution is -2.13.